The van der Waals surface area contributed by atoms with E-state index in [1.165, 1.54) is 16.8 Å². The SMILES string of the molecule is COc1ccc(NCC(C)(C)CCN)c(C)c1C. The lowest BCUT2D eigenvalue weighted by Gasteiger charge is -2.26. The monoisotopic (exact) mass is 250 g/mol. The first kappa shape index (κ1) is 14.8. The van der Waals surface area contributed by atoms with Crippen molar-refractivity contribution in [2.75, 3.05) is 25.5 Å². The number of nitrogens with one attached hydrogen (secondary N) is 1. The van der Waals surface area contributed by atoms with Gasteiger partial charge in [-0.05, 0) is 55.5 Å². The van der Waals surface area contributed by atoms with Crippen LogP contribution < -0.4 is 15.8 Å². The van der Waals surface area contributed by atoms with Crippen LogP contribution in [0.5, 0.6) is 5.75 Å². The molecule has 0 spiro atoms. The van der Waals surface area contributed by atoms with Gasteiger partial charge in [0.2, 0.25) is 0 Å². The predicted molar refractivity (Wildman–Crippen MR) is 78.4 cm³/mol. The van der Waals surface area contributed by atoms with Gasteiger partial charge in [0.25, 0.3) is 0 Å². The maximum atomic E-state index is 5.63. The van der Waals surface area contributed by atoms with Gasteiger partial charge in [0.15, 0.2) is 0 Å². The zero-order valence-corrected chi connectivity index (χ0v) is 12.3. The number of hydrogen-bond donors (Lipinski definition) is 2. The summed E-state index contributed by atoms with van der Waals surface area (Å²) in [5.41, 5.74) is 9.47. The lowest BCUT2D eigenvalue weighted by Crippen LogP contribution is -2.26. The van der Waals surface area contributed by atoms with Crippen molar-refractivity contribution in [2.45, 2.75) is 34.1 Å². The number of benzene rings is 1. The van der Waals surface area contributed by atoms with Crippen LogP contribution in [-0.2, 0) is 0 Å². The van der Waals surface area contributed by atoms with Crippen molar-refractivity contribution in [1.29, 1.82) is 0 Å². The van der Waals surface area contributed by atoms with Crippen LogP contribution in [0.1, 0.15) is 31.4 Å². The Morgan fingerprint density at radius 2 is 1.89 bits per heavy atom. The predicted octanol–water partition coefficient (Wildman–Crippen LogP) is 3.10. The van der Waals surface area contributed by atoms with Crippen molar-refractivity contribution in [3.8, 4) is 5.75 Å². The van der Waals surface area contributed by atoms with Gasteiger partial charge >= 0.3 is 0 Å². The van der Waals surface area contributed by atoms with Gasteiger partial charge in [-0.1, -0.05) is 13.8 Å². The molecule has 0 saturated heterocycles. The van der Waals surface area contributed by atoms with Gasteiger partial charge in [-0.15, -0.1) is 0 Å². The topological polar surface area (TPSA) is 47.3 Å². The highest BCUT2D eigenvalue weighted by Crippen LogP contribution is 2.28. The number of anilines is 1. The van der Waals surface area contributed by atoms with Crippen LogP contribution in [0.3, 0.4) is 0 Å². The van der Waals surface area contributed by atoms with Crippen molar-refractivity contribution in [3.05, 3.63) is 23.3 Å². The van der Waals surface area contributed by atoms with Crippen molar-refractivity contribution < 1.29 is 4.74 Å². The second-order valence-corrected chi connectivity index (χ2v) is 5.62. The molecule has 0 saturated carbocycles. The van der Waals surface area contributed by atoms with E-state index in [0.29, 0.717) is 0 Å². The molecule has 0 unspecified atom stereocenters. The highest BCUT2D eigenvalue weighted by molar-refractivity contribution is 5.58. The van der Waals surface area contributed by atoms with Crippen molar-refractivity contribution in [3.63, 3.8) is 0 Å². The van der Waals surface area contributed by atoms with Crippen LogP contribution in [0.15, 0.2) is 12.1 Å². The van der Waals surface area contributed by atoms with Crippen LogP contribution >= 0.6 is 0 Å². The van der Waals surface area contributed by atoms with Crippen molar-refractivity contribution in [2.24, 2.45) is 11.1 Å². The van der Waals surface area contributed by atoms with E-state index >= 15 is 0 Å². The second kappa shape index (κ2) is 6.10. The summed E-state index contributed by atoms with van der Waals surface area (Å²) in [7, 11) is 1.71. The summed E-state index contributed by atoms with van der Waals surface area (Å²) in [4.78, 5) is 0. The largest absolute Gasteiger partial charge is 0.496 e. The Balaban J connectivity index is 2.77. The Bertz CT molecular complexity index is 400. The average molecular weight is 250 g/mol. The van der Waals surface area contributed by atoms with Crippen LogP contribution in [-0.4, -0.2) is 20.2 Å². The average Bonchev–Trinajstić information content (AvgIpc) is 2.31. The van der Waals surface area contributed by atoms with E-state index in [0.717, 1.165) is 25.3 Å². The van der Waals surface area contributed by atoms with Crippen molar-refractivity contribution >= 4 is 5.69 Å². The van der Waals surface area contributed by atoms with E-state index in [9.17, 15) is 0 Å². The van der Waals surface area contributed by atoms with Crippen LogP contribution in [0, 0.1) is 19.3 Å². The standard InChI is InChI=1S/C15H26N2O/c1-11-12(2)14(18-5)7-6-13(11)17-10-15(3,4)8-9-16/h6-7,17H,8-10,16H2,1-5H3. The molecule has 18 heavy (non-hydrogen) atoms. The van der Waals surface area contributed by atoms with E-state index in [-0.39, 0.29) is 5.41 Å². The van der Waals surface area contributed by atoms with E-state index in [1.54, 1.807) is 7.11 Å². The fourth-order valence-electron chi connectivity index (χ4n) is 2.02. The third kappa shape index (κ3) is 3.64. The fraction of sp³-hybridized carbons (Fsp3) is 0.600. The molecule has 3 nitrogen and oxygen atoms in total. The quantitative estimate of drug-likeness (QED) is 0.815. The number of hydrogen-bond acceptors (Lipinski definition) is 3. The summed E-state index contributed by atoms with van der Waals surface area (Å²) in [6.45, 7) is 10.3. The van der Waals surface area contributed by atoms with E-state index in [4.69, 9.17) is 10.5 Å². The highest BCUT2D eigenvalue weighted by atomic mass is 16.5. The summed E-state index contributed by atoms with van der Waals surface area (Å²) < 4.78 is 5.32. The lowest BCUT2D eigenvalue weighted by molar-refractivity contribution is 0.365. The maximum Gasteiger partial charge on any atom is 0.122 e. The minimum absolute atomic E-state index is 0.217. The third-order valence-corrected chi connectivity index (χ3v) is 3.54. The zero-order chi connectivity index (χ0) is 13.8. The summed E-state index contributed by atoms with van der Waals surface area (Å²) in [5, 5.41) is 3.52. The molecule has 102 valence electrons. The molecule has 0 amide bonds. The smallest absolute Gasteiger partial charge is 0.122 e. The zero-order valence-electron chi connectivity index (χ0n) is 12.3. The van der Waals surface area contributed by atoms with E-state index in [2.05, 4.69) is 39.1 Å². The Labute approximate surface area is 111 Å². The Morgan fingerprint density at radius 3 is 2.44 bits per heavy atom. The number of nitrogens with two attached hydrogens (primary N) is 1. The highest BCUT2D eigenvalue weighted by Gasteiger charge is 2.17. The first-order valence-corrected chi connectivity index (χ1v) is 6.49. The first-order chi connectivity index (χ1) is 8.41. The molecular formula is C15H26N2O. The van der Waals surface area contributed by atoms with Gasteiger partial charge in [-0.3, -0.25) is 0 Å². The van der Waals surface area contributed by atoms with Gasteiger partial charge in [0.05, 0.1) is 7.11 Å². The summed E-state index contributed by atoms with van der Waals surface area (Å²) in [5.74, 6) is 0.944. The normalized spacial score (nSPS) is 11.4. The van der Waals surface area contributed by atoms with Gasteiger partial charge in [0, 0.05) is 12.2 Å². The molecule has 3 heteroatoms. The summed E-state index contributed by atoms with van der Waals surface area (Å²) in [6, 6.07) is 4.10. The molecule has 0 radical (unpaired) electrons. The molecule has 0 heterocycles. The first-order valence-electron chi connectivity index (χ1n) is 6.49. The molecule has 0 aromatic heterocycles. The van der Waals surface area contributed by atoms with Gasteiger partial charge < -0.3 is 15.8 Å². The molecule has 3 N–H and O–H groups in total. The molecule has 0 fully saturated rings. The second-order valence-electron chi connectivity index (χ2n) is 5.62. The Kier molecular flexibility index (Phi) is 5.03. The molecule has 0 aliphatic carbocycles. The van der Waals surface area contributed by atoms with Crippen molar-refractivity contribution in [1.82, 2.24) is 0 Å². The fourth-order valence-corrected chi connectivity index (χ4v) is 2.02. The number of rotatable bonds is 6. The minimum atomic E-state index is 0.217. The Morgan fingerprint density at radius 1 is 1.22 bits per heavy atom. The molecule has 0 aliphatic rings. The number of ether oxygens (including phenoxy) is 1. The van der Waals surface area contributed by atoms with Crippen LogP contribution in [0.4, 0.5) is 5.69 Å². The van der Waals surface area contributed by atoms with Crippen LogP contribution in [0.25, 0.3) is 0 Å². The minimum Gasteiger partial charge on any atom is -0.496 e. The summed E-state index contributed by atoms with van der Waals surface area (Å²) >= 11 is 0. The maximum absolute atomic E-state index is 5.63. The number of methoxy groups -OCH3 is 1. The summed E-state index contributed by atoms with van der Waals surface area (Å²) in [6.07, 6.45) is 1.02. The Hall–Kier alpha value is -1.22. The third-order valence-electron chi connectivity index (χ3n) is 3.54. The molecule has 1 rings (SSSR count). The van der Waals surface area contributed by atoms with Gasteiger partial charge in [-0.2, -0.15) is 0 Å². The van der Waals surface area contributed by atoms with Gasteiger partial charge in [0.1, 0.15) is 5.75 Å². The van der Waals surface area contributed by atoms with E-state index in [1.807, 2.05) is 6.07 Å². The molecule has 1 aromatic rings. The lowest BCUT2D eigenvalue weighted by atomic mass is 9.89. The molecule has 1 aromatic carbocycles. The molecule has 0 bridgehead atoms. The van der Waals surface area contributed by atoms with Gasteiger partial charge in [-0.25, -0.2) is 0 Å². The van der Waals surface area contributed by atoms with E-state index < -0.39 is 0 Å². The molecular weight excluding hydrogens is 224 g/mol. The molecule has 0 aliphatic heterocycles. The molecule has 0 atom stereocenters. The van der Waals surface area contributed by atoms with Crippen LogP contribution in [0.2, 0.25) is 0 Å².